The second-order valence-corrected chi connectivity index (χ2v) is 9.07. The number of aromatic nitrogens is 2. The topological polar surface area (TPSA) is 85.3 Å². The number of H-pyrrole nitrogens is 1. The van der Waals surface area contributed by atoms with Gasteiger partial charge in [0.1, 0.15) is 10.4 Å². The first kappa shape index (κ1) is 19.4. The van der Waals surface area contributed by atoms with Gasteiger partial charge in [-0.15, -0.1) is 0 Å². The number of methoxy groups -OCH3 is 2. The summed E-state index contributed by atoms with van der Waals surface area (Å²) in [4.78, 5) is 28.3. The molecule has 0 radical (unpaired) electrons. The van der Waals surface area contributed by atoms with E-state index in [-0.39, 0.29) is 17.3 Å². The zero-order valence-electron chi connectivity index (χ0n) is 17.1. The summed E-state index contributed by atoms with van der Waals surface area (Å²) in [6.45, 7) is 1.35. The Balaban J connectivity index is 1.43. The molecule has 3 aromatic rings. The number of benzene rings is 1. The molecule has 0 spiro atoms. The fraction of sp³-hybridized carbons (Fsp3) is 0.455. The normalized spacial score (nSPS) is 22.7. The molecule has 3 heterocycles. The Morgan fingerprint density at radius 3 is 2.90 bits per heavy atom. The Hall–Kier alpha value is -2.58. The number of thiophene rings is 1. The van der Waals surface area contributed by atoms with Crippen molar-refractivity contribution in [1.82, 2.24) is 14.9 Å². The maximum absolute atomic E-state index is 12.9. The highest BCUT2D eigenvalue weighted by atomic mass is 32.1. The quantitative estimate of drug-likeness (QED) is 0.653. The first-order valence-electron chi connectivity index (χ1n) is 10.3. The van der Waals surface area contributed by atoms with E-state index in [2.05, 4.69) is 22.4 Å². The van der Waals surface area contributed by atoms with E-state index in [1.54, 1.807) is 20.3 Å². The number of hydrogen-bond acceptors (Lipinski definition) is 6. The number of fused-ring (bicyclic) bond motifs is 4. The van der Waals surface area contributed by atoms with Crippen molar-refractivity contribution in [1.29, 1.82) is 0 Å². The van der Waals surface area contributed by atoms with Crippen molar-refractivity contribution < 1.29 is 9.47 Å². The van der Waals surface area contributed by atoms with Gasteiger partial charge in [0.05, 0.1) is 19.7 Å². The Kier molecular flexibility index (Phi) is 4.91. The highest BCUT2D eigenvalue weighted by Crippen LogP contribution is 2.45. The van der Waals surface area contributed by atoms with Crippen LogP contribution >= 0.6 is 11.3 Å². The van der Waals surface area contributed by atoms with E-state index >= 15 is 0 Å². The Labute approximate surface area is 177 Å². The summed E-state index contributed by atoms with van der Waals surface area (Å²) in [5.41, 5.74) is 2.57. The third kappa shape index (κ3) is 3.06. The maximum atomic E-state index is 12.9. The first-order chi connectivity index (χ1) is 14.6. The third-order valence-corrected chi connectivity index (χ3v) is 7.68. The fourth-order valence-corrected chi connectivity index (χ4v) is 6.07. The average molecular weight is 428 g/mol. The molecule has 8 heteroatoms. The number of rotatable bonds is 5. The van der Waals surface area contributed by atoms with Gasteiger partial charge in [0.15, 0.2) is 5.06 Å². The number of nitrogens with zero attached hydrogens (tertiary/aromatic N) is 1. The molecule has 3 atom stereocenters. The van der Waals surface area contributed by atoms with E-state index in [0.717, 1.165) is 31.6 Å². The third-order valence-electron chi connectivity index (χ3n) is 6.60. The van der Waals surface area contributed by atoms with Crippen molar-refractivity contribution in [3.8, 4) is 10.8 Å². The highest BCUT2D eigenvalue weighted by molar-refractivity contribution is 7.20. The van der Waals surface area contributed by atoms with Crippen LogP contribution < -0.4 is 26.0 Å². The van der Waals surface area contributed by atoms with E-state index in [9.17, 15) is 9.59 Å². The molecule has 1 fully saturated rings. The molecular weight excluding hydrogens is 402 g/mol. The molecule has 0 saturated carbocycles. The molecule has 158 valence electrons. The molecule has 2 aliphatic rings. The van der Waals surface area contributed by atoms with E-state index in [0.29, 0.717) is 33.7 Å². The van der Waals surface area contributed by atoms with Crippen molar-refractivity contribution >= 4 is 21.6 Å². The lowest BCUT2D eigenvalue weighted by molar-refractivity contribution is 0.371. The molecule has 1 unspecified atom stereocenters. The summed E-state index contributed by atoms with van der Waals surface area (Å²) in [7, 11) is 3.28. The van der Waals surface area contributed by atoms with Crippen LogP contribution in [0.25, 0.3) is 10.2 Å². The number of aromatic amines is 1. The van der Waals surface area contributed by atoms with Gasteiger partial charge in [0.2, 0.25) is 0 Å². The molecule has 5 rings (SSSR count). The smallest absolute Gasteiger partial charge is 0.328 e. The van der Waals surface area contributed by atoms with E-state index in [1.165, 1.54) is 27.0 Å². The van der Waals surface area contributed by atoms with Gasteiger partial charge < -0.3 is 19.8 Å². The van der Waals surface area contributed by atoms with Crippen LogP contribution in [0.3, 0.4) is 0 Å². The van der Waals surface area contributed by atoms with Crippen molar-refractivity contribution in [2.24, 2.45) is 5.92 Å². The van der Waals surface area contributed by atoms with Gasteiger partial charge in [-0.3, -0.25) is 9.36 Å². The lowest BCUT2D eigenvalue weighted by Gasteiger charge is -2.32. The molecule has 0 bridgehead atoms. The van der Waals surface area contributed by atoms with E-state index in [4.69, 9.17) is 9.47 Å². The van der Waals surface area contributed by atoms with E-state index < -0.39 is 0 Å². The second kappa shape index (κ2) is 7.59. The lowest BCUT2D eigenvalue weighted by atomic mass is 9.73. The monoisotopic (exact) mass is 427 g/mol. The highest BCUT2D eigenvalue weighted by Gasteiger charge is 2.40. The lowest BCUT2D eigenvalue weighted by Crippen LogP contribution is -2.37. The standard InChI is InChI=1S/C22H25N3O4S/c1-28-17-5-3-4-14-13(17)7-6-12-11-23-15(19(12)14)8-9-25-21(26)20-16(24-22(25)27)10-18(29-2)30-20/h3-5,10,12,15,19,23H,6-9,11H2,1-2H3,(H,24,27)/t12-,15?,19+/m0/s1. The van der Waals surface area contributed by atoms with E-state index in [1.807, 2.05) is 6.07 Å². The molecule has 0 amide bonds. The summed E-state index contributed by atoms with van der Waals surface area (Å²) < 4.78 is 12.6. The van der Waals surface area contributed by atoms with Gasteiger partial charge in [-0.2, -0.15) is 0 Å². The summed E-state index contributed by atoms with van der Waals surface area (Å²) in [6.07, 6.45) is 2.88. The van der Waals surface area contributed by atoms with Gasteiger partial charge in [-0.25, -0.2) is 4.79 Å². The minimum Gasteiger partial charge on any atom is -0.496 e. The fourth-order valence-electron chi connectivity index (χ4n) is 5.19. The second-order valence-electron chi connectivity index (χ2n) is 8.06. The van der Waals surface area contributed by atoms with Crippen molar-refractivity contribution in [3.63, 3.8) is 0 Å². The summed E-state index contributed by atoms with van der Waals surface area (Å²) in [5, 5.41) is 4.27. The number of ether oxygens (including phenoxy) is 2. The van der Waals surface area contributed by atoms with Gasteiger partial charge in [0, 0.05) is 24.6 Å². The molecule has 30 heavy (non-hydrogen) atoms. The number of hydrogen-bond donors (Lipinski definition) is 2. The maximum Gasteiger partial charge on any atom is 0.328 e. The van der Waals surface area contributed by atoms with Crippen LogP contribution in [0.15, 0.2) is 33.9 Å². The Morgan fingerprint density at radius 1 is 1.23 bits per heavy atom. The predicted molar refractivity (Wildman–Crippen MR) is 117 cm³/mol. The minimum atomic E-state index is -0.367. The van der Waals surface area contributed by atoms with Gasteiger partial charge in [0.25, 0.3) is 5.56 Å². The average Bonchev–Trinajstić information content (AvgIpc) is 3.37. The van der Waals surface area contributed by atoms with Crippen LogP contribution in [-0.2, 0) is 13.0 Å². The number of nitrogens with one attached hydrogen (secondary N) is 2. The zero-order chi connectivity index (χ0) is 20.8. The zero-order valence-corrected chi connectivity index (χ0v) is 17.9. The molecule has 2 N–H and O–H groups in total. The van der Waals surface area contributed by atoms with Crippen LogP contribution in [0.5, 0.6) is 10.8 Å². The van der Waals surface area contributed by atoms with Gasteiger partial charge in [-0.1, -0.05) is 23.5 Å². The molecule has 2 aromatic heterocycles. The van der Waals surface area contributed by atoms with Crippen LogP contribution in [0.4, 0.5) is 0 Å². The summed E-state index contributed by atoms with van der Waals surface area (Å²) >= 11 is 1.26. The summed E-state index contributed by atoms with van der Waals surface area (Å²) in [5.74, 6) is 1.92. The van der Waals surface area contributed by atoms with Crippen molar-refractivity contribution in [3.05, 3.63) is 56.2 Å². The van der Waals surface area contributed by atoms with Crippen molar-refractivity contribution in [2.75, 3.05) is 20.8 Å². The van der Waals surface area contributed by atoms with Crippen LogP contribution in [0.1, 0.15) is 29.9 Å². The molecule has 1 aromatic carbocycles. The van der Waals surface area contributed by atoms with Crippen LogP contribution in [0.2, 0.25) is 0 Å². The first-order valence-corrected chi connectivity index (χ1v) is 11.1. The molecular formula is C22H25N3O4S. The minimum absolute atomic E-state index is 0.223. The van der Waals surface area contributed by atoms with Crippen LogP contribution in [-0.4, -0.2) is 36.4 Å². The SMILES string of the molecule is COc1cc2[nH]c(=O)n(CCC3NC[C@@H]4CCc5c(OC)cccc5[C@H]34)c(=O)c2s1. The summed E-state index contributed by atoms with van der Waals surface area (Å²) in [6, 6.07) is 8.21. The molecule has 1 aliphatic heterocycles. The van der Waals surface area contributed by atoms with Crippen molar-refractivity contribution in [2.45, 2.75) is 37.8 Å². The predicted octanol–water partition coefficient (Wildman–Crippen LogP) is 2.48. The molecule has 7 nitrogen and oxygen atoms in total. The molecule has 1 aliphatic carbocycles. The largest absolute Gasteiger partial charge is 0.496 e. The Morgan fingerprint density at radius 2 is 2.10 bits per heavy atom. The molecule has 1 saturated heterocycles. The van der Waals surface area contributed by atoms with Crippen LogP contribution in [0, 0.1) is 5.92 Å². The Bertz CT molecular complexity index is 1210. The van der Waals surface area contributed by atoms with Gasteiger partial charge >= 0.3 is 5.69 Å². The van der Waals surface area contributed by atoms with Gasteiger partial charge in [-0.05, 0) is 48.9 Å².